The molecule has 0 saturated carbocycles. The highest BCUT2D eigenvalue weighted by atomic mass is 35.5. The van der Waals surface area contributed by atoms with Gasteiger partial charge in [0.2, 0.25) is 0 Å². The van der Waals surface area contributed by atoms with E-state index in [1.165, 1.54) is 19.3 Å². The largest absolute Gasteiger partial charge is 0.343 e. The Labute approximate surface area is 108 Å². The van der Waals surface area contributed by atoms with Gasteiger partial charge in [-0.2, -0.15) is 0 Å². The van der Waals surface area contributed by atoms with Gasteiger partial charge in [0.1, 0.15) is 5.82 Å². The molecule has 5 heteroatoms. The van der Waals surface area contributed by atoms with E-state index in [9.17, 15) is 0 Å². The molecule has 1 unspecified atom stereocenters. The Kier molecular flexibility index (Phi) is 4.42. The fourth-order valence-electron chi connectivity index (χ4n) is 2.54. The third-order valence-corrected chi connectivity index (χ3v) is 3.65. The molecule has 1 aromatic heterocycles. The van der Waals surface area contributed by atoms with Gasteiger partial charge in [0, 0.05) is 6.54 Å². The number of hydrogen-bond acceptors (Lipinski definition) is 3. The first kappa shape index (κ1) is 12.9. The Morgan fingerprint density at radius 1 is 1.41 bits per heavy atom. The minimum atomic E-state index is 0.314. The number of imidazole rings is 1. The smallest absolute Gasteiger partial charge is 0.152 e. The van der Waals surface area contributed by atoms with E-state index in [-0.39, 0.29) is 0 Å². The van der Waals surface area contributed by atoms with Gasteiger partial charge in [0.15, 0.2) is 5.15 Å². The van der Waals surface area contributed by atoms with Crippen molar-refractivity contribution in [3.05, 3.63) is 16.7 Å². The zero-order valence-electron chi connectivity index (χ0n) is 10.6. The molecule has 1 saturated heterocycles. The van der Waals surface area contributed by atoms with Crippen LogP contribution in [0.25, 0.3) is 0 Å². The normalized spacial score (nSPS) is 19.5. The van der Waals surface area contributed by atoms with Crippen LogP contribution < -0.4 is 5.32 Å². The van der Waals surface area contributed by atoms with Crippen LogP contribution in [0.2, 0.25) is 5.15 Å². The summed E-state index contributed by atoms with van der Waals surface area (Å²) in [5.74, 6) is 0.892. The number of H-pyrrole nitrogens is 1. The minimum Gasteiger partial charge on any atom is -0.343 e. The summed E-state index contributed by atoms with van der Waals surface area (Å²) in [4.78, 5) is 10.1. The second-order valence-electron chi connectivity index (χ2n) is 4.70. The maximum atomic E-state index is 6.20. The number of nitrogens with one attached hydrogen (secondary N) is 2. The molecule has 0 aromatic carbocycles. The topological polar surface area (TPSA) is 44.0 Å². The SMILES string of the molecule is CNCC(c1[nH]c(C)nc1Cl)N1CCCCC1. The van der Waals surface area contributed by atoms with E-state index in [0.29, 0.717) is 11.2 Å². The molecule has 2 rings (SSSR count). The summed E-state index contributed by atoms with van der Waals surface area (Å²) < 4.78 is 0. The highest BCUT2D eigenvalue weighted by molar-refractivity contribution is 6.30. The summed E-state index contributed by atoms with van der Waals surface area (Å²) in [6.07, 6.45) is 3.91. The van der Waals surface area contributed by atoms with Crippen LogP contribution in [0.4, 0.5) is 0 Å². The fraction of sp³-hybridized carbons (Fsp3) is 0.750. The van der Waals surface area contributed by atoms with E-state index in [2.05, 4.69) is 20.2 Å². The lowest BCUT2D eigenvalue weighted by Crippen LogP contribution is -2.38. The van der Waals surface area contributed by atoms with Crippen molar-refractivity contribution in [2.75, 3.05) is 26.7 Å². The molecule has 1 atom stereocenters. The molecule has 2 N–H and O–H groups in total. The van der Waals surface area contributed by atoms with Gasteiger partial charge in [0.05, 0.1) is 11.7 Å². The van der Waals surface area contributed by atoms with Gasteiger partial charge in [-0.25, -0.2) is 4.98 Å². The Balaban J connectivity index is 2.18. The van der Waals surface area contributed by atoms with Crippen LogP contribution in [-0.2, 0) is 0 Å². The summed E-state index contributed by atoms with van der Waals surface area (Å²) in [7, 11) is 1.98. The molecule has 1 aliphatic rings. The Morgan fingerprint density at radius 2 is 2.12 bits per heavy atom. The number of hydrogen-bond donors (Lipinski definition) is 2. The van der Waals surface area contributed by atoms with E-state index in [0.717, 1.165) is 31.2 Å². The summed E-state index contributed by atoms with van der Waals surface area (Å²) in [5, 5.41) is 3.87. The van der Waals surface area contributed by atoms with E-state index in [4.69, 9.17) is 11.6 Å². The van der Waals surface area contributed by atoms with Gasteiger partial charge in [-0.05, 0) is 39.9 Å². The monoisotopic (exact) mass is 256 g/mol. The van der Waals surface area contributed by atoms with Gasteiger partial charge >= 0.3 is 0 Å². The molecule has 17 heavy (non-hydrogen) atoms. The summed E-state index contributed by atoms with van der Waals surface area (Å²) >= 11 is 6.20. The average molecular weight is 257 g/mol. The van der Waals surface area contributed by atoms with Crippen molar-refractivity contribution in [3.8, 4) is 0 Å². The summed E-state index contributed by atoms with van der Waals surface area (Å²) in [6, 6.07) is 0.314. The number of nitrogens with zero attached hydrogens (tertiary/aromatic N) is 2. The molecule has 0 spiro atoms. The summed E-state index contributed by atoms with van der Waals surface area (Å²) in [6.45, 7) is 5.16. The summed E-state index contributed by atoms with van der Waals surface area (Å²) in [5.41, 5.74) is 1.06. The lowest BCUT2D eigenvalue weighted by molar-refractivity contribution is 0.159. The predicted molar refractivity (Wildman–Crippen MR) is 70.4 cm³/mol. The molecular weight excluding hydrogens is 236 g/mol. The van der Waals surface area contributed by atoms with Crippen molar-refractivity contribution in [3.63, 3.8) is 0 Å². The van der Waals surface area contributed by atoms with Gasteiger partial charge in [-0.1, -0.05) is 18.0 Å². The van der Waals surface area contributed by atoms with Gasteiger partial charge in [0.25, 0.3) is 0 Å². The maximum Gasteiger partial charge on any atom is 0.152 e. The Morgan fingerprint density at radius 3 is 2.65 bits per heavy atom. The van der Waals surface area contributed by atoms with Crippen LogP contribution in [-0.4, -0.2) is 41.5 Å². The highest BCUT2D eigenvalue weighted by Gasteiger charge is 2.25. The van der Waals surface area contributed by atoms with Gasteiger partial charge < -0.3 is 10.3 Å². The number of aromatic amines is 1. The van der Waals surface area contributed by atoms with Crippen molar-refractivity contribution in [1.29, 1.82) is 0 Å². The lowest BCUT2D eigenvalue weighted by atomic mass is 10.1. The first-order valence-electron chi connectivity index (χ1n) is 6.33. The van der Waals surface area contributed by atoms with Crippen LogP contribution in [0.5, 0.6) is 0 Å². The number of aryl methyl sites for hydroxylation is 1. The number of rotatable bonds is 4. The van der Waals surface area contributed by atoms with E-state index >= 15 is 0 Å². The maximum absolute atomic E-state index is 6.20. The molecule has 2 heterocycles. The average Bonchev–Trinajstić information content (AvgIpc) is 2.66. The molecule has 0 bridgehead atoms. The zero-order chi connectivity index (χ0) is 12.3. The third-order valence-electron chi connectivity index (χ3n) is 3.37. The van der Waals surface area contributed by atoms with Gasteiger partial charge in [-0.15, -0.1) is 0 Å². The molecule has 1 aliphatic heterocycles. The van der Waals surface area contributed by atoms with Crippen LogP contribution in [0, 0.1) is 6.92 Å². The quantitative estimate of drug-likeness (QED) is 0.867. The number of halogens is 1. The Bertz CT molecular complexity index is 357. The first-order valence-corrected chi connectivity index (χ1v) is 6.71. The number of aromatic nitrogens is 2. The van der Waals surface area contributed by atoms with Crippen molar-refractivity contribution in [2.24, 2.45) is 0 Å². The first-order chi connectivity index (χ1) is 8.22. The third kappa shape index (κ3) is 3.00. The molecule has 1 fully saturated rings. The van der Waals surface area contributed by atoms with Crippen molar-refractivity contribution >= 4 is 11.6 Å². The zero-order valence-corrected chi connectivity index (χ0v) is 11.3. The van der Waals surface area contributed by atoms with Crippen LogP contribution in [0.1, 0.15) is 36.8 Å². The van der Waals surface area contributed by atoms with Crippen molar-refractivity contribution < 1.29 is 0 Å². The van der Waals surface area contributed by atoms with Crippen LogP contribution in [0.15, 0.2) is 0 Å². The van der Waals surface area contributed by atoms with Crippen molar-refractivity contribution in [1.82, 2.24) is 20.2 Å². The number of likely N-dealkylation sites (N-methyl/N-ethyl adjacent to an activating group) is 1. The lowest BCUT2D eigenvalue weighted by Gasteiger charge is -2.34. The van der Waals surface area contributed by atoms with Crippen LogP contribution >= 0.6 is 11.6 Å². The van der Waals surface area contributed by atoms with Crippen molar-refractivity contribution in [2.45, 2.75) is 32.2 Å². The molecule has 0 aliphatic carbocycles. The van der Waals surface area contributed by atoms with E-state index < -0.39 is 0 Å². The minimum absolute atomic E-state index is 0.314. The number of piperidine rings is 1. The van der Waals surface area contributed by atoms with E-state index in [1.54, 1.807) is 0 Å². The second kappa shape index (κ2) is 5.85. The molecule has 1 aromatic rings. The van der Waals surface area contributed by atoms with E-state index in [1.807, 2.05) is 14.0 Å². The molecule has 4 nitrogen and oxygen atoms in total. The van der Waals surface area contributed by atoms with Crippen LogP contribution in [0.3, 0.4) is 0 Å². The second-order valence-corrected chi connectivity index (χ2v) is 5.05. The fourth-order valence-corrected chi connectivity index (χ4v) is 2.84. The molecule has 96 valence electrons. The molecular formula is C12H21ClN4. The Hall–Kier alpha value is -0.580. The highest BCUT2D eigenvalue weighted by Crippen LogP contribution is 2.27. The van der Waals surface area contributed by atoms with Gasteiger partial charge in [-0.3, -0.25) is 4.90 Å². The molecule has 0 radical (unpaired) electrons. The number of likely N-dealkylation sites (tertiary alicyclic amines) is 1. The molecule has 0 amide bonds. The standard InChI is InChI=1S/C12H21ClN4/c1-9-15-11(12(13)16-9)10(8-14-2)17-6-4-3-5-7-17/h10,14H,3-8H2,1-2H3,(H,15,16). The predicted octanol–water partition coefficient (Wildman–Crippen LogP) is 2.12.